The van der Waals surface area contributed by atoms with Crippen molar-refractivity contribution >= 4 is 38.9 Å². The zero-order valence-electron chi connectivity index (χ0n) is 18.5. The molecule has 5 nitrogen and oxygen atoms in total. The fourth-order valence-corrected chi connectivity index (χ4v) is 4.18. The van der Waals surface area contributed by atoms with Crippen molar-refractivity contribution in [2.24, 2.45) is 0 Å². The van der Waals surface area contributed by atoms with Gasteiger partial charge in [-0.2, -0.15) is 0 Å². The van der Waals surface area contributed by atoms with Crippen LogP contribution in [0.4, 0.5) is 8.78 Å². The fourth-order valence-electron chi connectivity index (χ4n) is 3.02. The van der Waals surface area contributed by atoms with Crippen LogP contribution in [0, 0.1) is 5.82 Å². The van der Waals surface area contributed by atoms with Crippen LogP contribution in [-0.2, 0) is 22.1 Å². The summed E-state index contributed by atoms with van der Waals surface area (Å²) in [5, 5.41) is 2.65. The van der Waals surface area contributed by atoms with Gasteiger partial charge in [-0.15, -0.1) is 0 Å². The molecule has 0 fully saturated rings. The van der Waals surface area contributed by atoms with Crippen molar-refractivity contribution in [1.29, 1.82) is 0 Å². The Bertz CT molecular complexity index is 1340. The molecule has 0 saturated carbocycles. The maximum Gasteiger partial charge on any atom is 0.253 e. The molecule has 0 aliphatic rings. The molecule has 0 bridgehead atoms. The quantitative estimate of drug-likeness (QED) is 0.382. The number of ether oxygens (including phenoxy) is 1. The molecular weight excluding hydrogens is 507 g/mol. The first-order valence-corrected chi connectivity index (χ1v) is 12.6. The first-order chi connectivity index (χ1) is 15.8. The highest BCUT2D eigenvalue weighted by molar-refractivity contribution is 7.90. The summed E-state index contributed by atoms with van der Waals surface area (Å²) in [7, 11) is -3.32. The van der Waals surface area contributed by atoms with E-state index in [9.17, 15) is 22.0 Å². The van der Waals surface area contributed by atoms with Gasteiger partial charge >= 0.3 is 0 Å². The van der Waals surface area contributed by atoms with Crippen LogP contribution in [0.1, 0.15) is 35.3 Å². The van der Waals surface area contributed by atoms with E-state index in [1.807, 2.05) is 0 Å². The number of sulfone groups is 1. The molecule has 3 rings (SSSR count). The van der Waals surface area contributed by atoms with Crippen molar-refractivity contribution in [1.82, 2.24) is 5.32 Å². The highest BCUT2D eigenvalue weighted by atomic mass is 35.5. The van der Waals surface area contributed by atoms with E-state index in [0.717, 1.165) is 18.4 Å². The number of carbonyl (C=O) groups excluding carboxylic acids is 1. The zero-order chi connectivity index (χ0) is 25.3. The van der Waals surface area contributed by atoms with Crippen molar-refractivity contribution < 1.29 is 26.7 Å². The maximum absolute atomic E-state index is 14.3. The standard InChI is InChI=1S/C24H21Cl2F2NO4S/c1-24(2,28)15-10-16(27)12-17(11-15)33-22-20(25)9-8-19(21(22)26)23(30)29-13-14-4-6-18(7-5-14)34(3,31)32/h4-12H,13H2,1-3H3,(H,29,30). The van der Waals surface area contributed by atoms with E-state index in [4.69, 9.17) is 27.9 Å². The smallest absolute Gasteiger partial charge is 0.253 e. The van der Waals surface area contributed by atoms with Crippen LogP contribution in [0.2, 0.25) is 10.0 Å². The monoisotopic (exact) mass is 527 g/mol. The third-order valence-corrected chi connectivity index (χ3v) is 6.68. The van der Waals surface area contributed by atoms with Crippen molar-refractivity contribution in [2.45, 2.75) is 31.0 Å². The Morgan fingerprint density at radius 1 is 1.06 bits per heavy atom. The molecule has 0 aromatic heterocycles. The minimum Gasteiger partial charge on any atom is -0.454 e. The summed E-state index contributed by atoms with van der Waals surface area (Å²) in [6.45, 7) is 2.67. The average Bonchev–Trinajstić information content (AvgIpc) is 2.73. The number of nitrogens with one attached hydrogen (secondary N) is 1. The molecule has 0 atom stereocenters. The van der Waals surface area contributed by atoms with E-state index in [2.05, 4.69) is 5.32 Å². The molecule has 180 valence electrons. The number of alkyl halides is 1. The van der Waals surface area contributed by atoms with Gasteiger partial charge in [0.15, 0.2) is 15.6 Å². The number of amides is 1. The van der Waals surface area contributed by atoms with Crippen LogP contribution in [0.25, 0.3) is 0 Å². The molecule has 0 saturated heterocycles. The number of hydrogen-bond donors (Lipinski definition) is 1. The van der Waals surface area contributed by atoms with Gasteiger partial charge in [0.2, 0.25) is 0 Å². The second kappa shape index (κ2) is 9.90. The molecule has 0 aliphatic heterocycles. The summed E-state index contributed by atoms with van der Waals surface area (Å²) < 4.78 is 57.1. The highest BCUT2D eigenvalue weighted by Crippen LogP contribution is 2.40. The Morgan fingerprint density at radius 2 is 1.71 bits per heavy atom. The number of carbonyl (C=O) groups is 1. The normalized spacial score (nSPS) is 11.9. The van der Waals surface area contributed by atoms with E-state index in [1.165, 1.54) is 44.2 Å². The van der Waals surface area contributed by atoms with Crippen molar-refractivity contribution in [3.05, 3.63) is 87.2 Å². The van der Waals surface area contributed by atoms with Gasteiger partial charge in [-0.05, 0) is 61.4 Å². The lowest BCUT2D eigenvalue weighted by atomic mass is 10.00. The van der Waals surface area contributed by atoms with Crippen LogP contribution in [-0.4, -0.2) is 20.6 Å². The fraction of sp³-hybridized carbons (Fsp3) is 0.208. The van der Waals surface area contributed by atoms with Crippen LogP contribution in [0.15, 0.2) is 59.5 Å². The minimum absolute atomic E-state index is 0.0342. The number of halogens is 4. The van der Waals surface area contributed by atoms with Gasteiger partial charge < -0.3 is 10.1 Å². The van der Waals surface area contributed by atoms with Gasteiger partial charge in [-0.3, -0.25) is 4.79 Å². The van der Waals surface area contributed by atoms with Gasteiger partial charge in [0.25, 0.3) is 5.91 Å². The van der Waals surface area contributed by atoms with Gasteiger partial charge in [0.05, 0.1) is 20.5 Å². The van der Waals surface area contributed by atoms with E-state index in [-0.39, 0.29) is 44.1 Å². The molecule has 0 heterocycles. The second-order valence-electron chi connectivity index (χ2n) is 8.09. The van der Waals surface area contributed by atoms with E-state index in [0.29, 0.717) is 5.56 Å². The topological polar surface area (TPSA) is 72.5 Å². The molecule has 1 amide bonds. The average molecular weight is 528 g/mol. The van der Waals surface area contributed by atoms with Crippen LogP contribution < -0.4 is 10.1 Å². The Hall–Kier alpha value is -2.68. The maximum atomic E-state index is 14.3. The summed E-state index contributed by atoms with van der Waals surface area (Å²) in [4.78, 5) is 12.9. The van der Waals surface area contributed by atoms with Crippen LogP contribution in [0.5, 0.6) is 11.5 Å². The Balaban J connectivity index is 1.81. The van der Waals surface area contributed by atoms with E-state index in [1.54, 1.807) is 12.1 Å². The highest BCUT2D eigenvalue weighted by Gasteiger charge is 2.22. The van der Waals surface area contributed by atoms with E-state index < -0.39 is 27.2 Å². The van der Waals surface area contributed by atoms with Crippen molar-refractivity contribution in [3.63, 3.8) is 0 Å². The molecule has 3 aromatic rings. The summed E-state index contributed by atoms with van der Waals surface area (Å²) in [6, 6.07) is 12.3. The molecule has 1 N–H and O–H groups in total. The summed E-state index contributed by atoms with van der Waals surface area (Å²) in [6.07, 6.45) is 1.11. The number of hydrogen-bond acceptors (Lipinski definition) is 4. The summed E-state index contributed by atoms with van der Waals surface area (Å²) >= 11 is 12.6. The molecule has 10 heteroatoms. The largest absolute Gasteiger partial charge is 0.454 e. The predicted molar refractivity (Wildman–Crippen MR) is 128 cm³/mol. The molecule has 3 aromatic carbocycles. The van der Waals surface area contributed by atoms with Gasteiger partial charge in [-0.25, -0.2) is 17.2 Å². The Kier molecular flexibility index (Phi) is 7.55. The van der Waals surface area contributed by atoms with Crippen molar-refractivity contribution in [3.8, 4) is 11.5 Å². The molecule has 0 radical (unpaired) electrons. The van der Waals surface area contributed by atoms with Crippen LogP contribution in [0.3, 0.4) is 0 Å². The van der Waals surface area contributed by atoms with Crippen LogP contribution >= 0.6 is 23.2 Å². The molecular formula is C24H21Cl2F2NO4S. The first-order valence-electron chi connectivity index (χ1n) is 9.99. The van der Waals surface area contributed by atoms with Gasteiger partial charge in [0, 0.05) is 18.9 Å². The lowest BCUT2D eigenvalue weighted by molar-refractivity contribution is 0.0950. The van der Waals surface area contributed by atoms with Gasteiger partial charge in [-0.1, -0.05) is 35.3 Å². The molecule has 34 heavy (non-hydrogen) atoms. The third-order valence-electron chi connectivity index (χ3n) is 4.88. The minimum atomic E-state index is -3.32. The second-order valence-corrected chi connectivity index (χ2v) is 10.9. The number of benzene rings is 3. The van der Waals surface area contributed by atoms with E-state index >= 15 is 0 Å². The Morgan fingerprint density at radius 3 is 2.29 bits per heavy atom. The molecule has 0 aliphatic carbocycles. The Labute approximate surface area is 206 Å². The third kappa shape index (κ3) is 6.25. The zero-order valence-corrected chi connectivity index (χ0v) is 20.8. The molecule has 0 unspecified atom stereocenters. The number of rotatable bonds is 7. The lowest BCUT2D eigenvalue weighted by Gasteiger charge is -2.17. The predicted octanol–water partition coefficient (Wildman–Crippen LogP) is 6.46. The van der Waals surface area contributed by atoms with Gasteiger partial charge in [0.1, 0.15) is 17.2 Å². The first kappa shape index (κ1) is 25.9. The molecule has 0 spiro atoms. The lowest BCUT2D eigenvalue weighted by Crippen LogP contribution is -2.23. The summed E-state index contributed by atoms with van der Waals surface area (Å²) in [5.74, 6) is -1.36. The SMILES string of the molecule is CC(C)(F)c1cc(F)cc(Oc2c(Cl)ccc(C(=O)NCc3ccc(S(C)(=O)=O)cc3)c2Cl)c1. The van der Waals surface area contributed by atoms with Crippen molar-refractivity contribution in [2.75, 3.05) is 6.26 Å². The summed E-state index contributed by atoms with van der Waals surface area (Å²) in [5.41, 5.74) is -1.03.